The molecule has 2 unspecified atom stereocenters. The van der Waals surface area contributed by atoms with Gasteiger partial charge in [-0.05, 0) is 44.0 Å². The molecule has 1 saturated carbocycles. The zero-order valence-electron chi connectivity index (χ0n) is 9.96. The van der Waals surface area contributed by atoms with Crippen LogP contribution in [-0.4, -0.2) is 18.1 Å². The molecule has 16 heavy (non-hydrogen) atoms. The van der Waals surface area contributed by atoms with Gasteiger partial charge in [-0.15, -0.1) is 0 Å². The molecule has 2 atom stereocenters. The molecule has 1 fully saturated rings. The van der Waals surface area contributed by atoms with Crippen LogP contribution in [-0.2, 0) is 5.41 Å². The van der Waals surface area contributed by atoms with Crippen LogP contribution < -0.4 is 5.32 Å². The highest BCUT2D eigenvalue weighted by molar-refractivity contribution is 5.26. The van der Waals surface area contributed by atoms with E-state index in [0.717, 1.165) is 31.6 Å². The minimum atomic E-state index is -0.256. The van der Waals surface area contributed by atoms with E-state index in [1.54, 1.807) is 0 Å². The maximum absolute atomic E-state index is 12.8. The van der Waals surface area contributed by atoms with E-state index in [2.05, 4.69) is 24.1 Å². The van der Waals surface area contributed by atoms with Gasteiger partial charge in [0.15, 0.2) is 0 Å². The molecule has 2 rings (SSSR count). The Morgan fingerprint density at radius 1 is 1.56 bits per heavy atom. The maximum Gasteiger partial charge on any atom is 0.141 e. The van der Waals surface area contributed by atoms with Gasteiger partial charge < -0.3 is 5.32 Å². The Balaban J connectivity index is 1.93. The Hall–Kier alpha value is -0.960. The second kappa shape index (κ2) is 4.50. The van der Waals surface area contributed by atoms with Crippen LogP contribution in [0.1, 0.15) is 32.4 Å². The van der Waals surface area contributed by atoms with Crippen LogP contribution >= 0.6 is 0 Å². The summed E-state index contributed by atoms with van der Waals surface area (Å²) in [4.78, 5) is 4.19. The van der Waals surface area contributed by atoms with Crippen LogP contribution in [0.4, 0.5) is 4.39 Å². The number of halogens is 1. The molecule has 1 aliphatic carbocycles. The largest absolute Gasteiger partial charge is 0.316 e. The average molecular weight is 222 g/mol. The molecule has 2 nitrogen and oxygen atoms in total. The summed E-state index contributed by atoms with van der Waals surface area (Å²) in [6.45, 7) is 6.50. The smallest absolute Gasteiger partial charge is 0.141 e. The maximum atomic E-state index is 12.8. The fourth-order valence-corrected chi connectivity index (χ4v) is 2.23. The molecule has 0 bridgehead atoms. The second-order valence-corrected chi connectivity index (χ2v) is 4.88. The Labute approximate surface area is 96.3 Å². The van der Waals surface area contributed by atoms with E-state index < -0.39 is 0 Å². The Kier molecular flexibility index (Phi) is 3.24. The summed E-state index contributed by atoms with van der Waals surface area (Å²) in [5.41, 5.74) is 1.19. The van der Waals surface area contributed by atoms with Gasteiger partial charge in [0.2, 0.25) is 0 Å². The first kappa shape index (κ1) is 11.5. The van der Waals surface area contributed by atoms with Crippen molar-refractivity contribution in [1.82, 2.24) is 10.3 Å². The average Bonchev–Trinajstić information content (AvgIpc) is 2.92. The van der Waals surface area contributed by atoms with Crippen molar-refractivity contribution in [2.24, 2.45) is 5.92 Å². The van der Waals surface area contributed by atoms with Crippen molar-refractivity contribution in [2.75, 3.05) is 13.1 Å². The third-order valence-corrected chi connectivity index (χ3v) is 3.54. The minimum absolute atomic E-state index is 0.161. The van der Waals surface area contributed by atoms with E-state index in [9.17, 15) is 4.39 Å². The van der Waals surface area contributed by atoms with Gasteiger partial charge in [-0.25, -0.2) is 4.39 Å². The number of nitrogens with one attached hydrogen (secondary N) is 1. The van der Waals surface area contributed by atoms with E-state index in [1.165, 1.54) is 12.3 Å². The molecule has 3 heteroatoms. The number of hydrogen-bond donors (Lipinski definition) is 1. The lowest BCUT2D eigenvalue weighted by molar-refractivity contribution is 0.563. The van der Waals surface area contributed by atoms with Crippen molar-refractivity contribution in [3.8, 4) is 0 Å². The zero-order chi connectivity index (χ0) is 11.6. The summed E-state index contributed by atoms with van der Waals surface area (Å²) in [7, 11) is 0. The third-order valence-electron chi connectivity index (χ3n) is 3.54. The van der Waals surface area contributed by atoms with E-state index in [1.807, 2.05) is 6.07 Å². The van der Waals surface area contributed by atoms with Gasteiger partial charge >= 0.3 is 0 Å². The van der Waals surface area contributed by atoms with Gasteiger partial charge in [-0.2, -0.15) is 0 Å². The molecule has 1 aromatic heterocycles. The summed E-state index contributed by atoms with van der Waals surface area (Å²) < 4.78 is 12.8. The van der Waals surface area contributed by atoms with Crippen LogP contribution in [0.25, 0.3) is 0 Å². The van der Waals surface area contributed by atoms with Crippen LogP contribution in [0.5, 0.6) is 0 Å². The summed E-state index contributed by atoms with van der Waals surface area (Å²) in [6, 6.07) is 3.32. The monoisotopic (exact) mass is 222 g/mol. The summed E-state index contributed by atoms with van der Waals surface area (Å²) >= 11 is 0. The lowest BCUT2D eigenvalue weighted by Crippen LogP contribution is -2.21. The van der Waals surface area contributed by atoms with Gasteiger partial charge in [0.1, 0.15) is 5.82 Å². The molecule has 0 saturated heterocycles. The first-order valence-electron chi connectivity index (χ1n) is 5.99. The number of rotatable bonds is 5. The number of nitrogens with zero attached hydrogens (tertiary/aromatic N) is 1. The third kappa shape index (κ3) is 2.24. The predicted octanol–water partition coefficient (Wildman–Crippen LogP) is 2.50. The van der Waals surface area contributed by atoms with Gasteiger partial charge in [0.25, 0.3) is 0 Å². The standard InChI is InChI=1S/C13H19FN2/c1-3-6-15-8-10-7-13(10,2)12-5-4-11(14)9-16-12/h4-5,9-10,15H,3,6-8H2,1-2H3. The normalized spacial score (nSPS) is 28.1. The highest BCUT2D eigenvalue weighted by Crippen LogP contribution is 2.52. The van der Waals surface area contributed by atoms with Crippen LogP contribution in [0.3, 0.4) is 0 Å². The van der Waals surface area contributed by atoms with Gasteiger partial charge in [-0.3, -0.25) is 4.98 Å². The first-order chi connectivity index (χ1) is 7.66. The predicted molar refractivity (Wildman–Crippen MR) is 62.8 cm³/mol. The van der Waals surface area contributed by atoms with Gasteiger partial charge in [0, 0.05) is 11.1 Å². The van der Waals surface area contributed by atoms with Crippen molar-refractivity contribution >= 4 is 0 Å². The van der Waals surface area contributed by atoms with E-state index in [4.69, 9.17) is 0 Å². The molecule has 0 aliphatic heterocycles. The van der Waals surface area contributed by atoms with Gasteiger partial charge in [-0.1, -0.05) is 13.8 Å². The summed E-state index contributed by atoms with van der Waals surface area (Å²) in [6.07, 6.45) is 3.63. The highest BCUT2D eigenvalue weighted by Gasteiger charge is 2.51. The fraction of sp³-hybridized carbons (Fsp3) is 0.615. The minimum Gasteiger partial charge on any atom is -0.316 e. The van der Waals surface area contributed by atoms with Crippen molar-refractivity contribution in [1.29, 1.82) is 0 Å². The van der Waals surface area contributed by atoms with Crippen molar-refractivity contribution < 1.29 is 4.39 Å². The topological polar surface area (TPSA) is 24.9 Å². The van der Waals surface area contributed by atoms with Crippen molar-refractivity contribution in [3.05, 3.63) is 29.8 Å². The Morgan fingerprint density at radius 2 is 2.38 bits per heavy atom. The van der Waals surface area contributed by atoms with Crippen LogP contribution in [0.2, 0.25) is 0 Å². The van der Waals surface area contributed by atoms with Gasteiger partial charge in [0.05, 0.1) is 6.20 Å². The lowest BCUT2D eigenvalue weighted by atomic mass is 10.0. The molecule has 0 aromatic carbocycles. The molecule has 1 N–H and O–H groups in total. The Bertz CT molecular complexity index is 349. The molecule has 1 heterocycles. The zero-order valence-corrected chi connectivity index (χ0v) is 9.96. The molecule has 0 amide bonds. The van der Waals surface area contributed by atoms with E-state index in [0.29, 0.717) is 5.92 Å². The van der Waals surface area contributed by atoms with E-state index in [-0.39, 0.29) is 11.2 Å². The summed E-state index contributed by atoms with van der Waals surface area (Å²) in [5, 5.41) is 3.43. The highest BCUT2D eigenvalue weighted by atomic mass is 19.1. The Morgan fingerprint density at radius 3 is 3.00 bits per heavy atom. The van der Waals surface area contributed by atoms with E-state index >= 15 is 0 Å². The molecule has 1 aliphatic rings. The first-order valence-corrected chi connectivity index (χ1v) is 5.99. The van der Waals surface area contributed by atoms with Crippen LogP contribution in [0, 0.1) is 11.7 Å². The molecular formula is C13H19FN2. The van der Waals surface area contributed by atoms with Crippen molar-refractivity contribution in [2.45, 2.75) is 32.1 Å². The summed E-state index contributed by atoms with van der Waals surface area (Å²) in [5.74, 6) is 0.394. The number of aromatic nitrogens is 1. The molecule has 1 aromatic rings. The molecule has 88 valence electrons. The number of pyridine rings is 1. The lowest BCUT2D eigenvalue weighted by Gasteiger charge is -2.11. The molecule has 0 spiro atoms. The fourth-order valence-electron chi connectivity index (χ4n) is 2.23. The second-order valence-electron chi connectivity index (χ2n) is 4.88. The van der Waals surface area contributed by atoms with Crippen molar-refractivity contribution in [3.63, 3.8) is 0 Å². The molecule has 0 radical (unpaired) electrons. The molecular weight excluding hydrogens is 203 g/mol. The SMILES string of the molecule is CCCNCC1CC1(C)c1ccc(F)cn1. The number of hydrogen-bond acceptors (Lipinski definition) is 2. The van der Waals surface area contributed by atoms with Crippen LogP contribution in [0.15, 0.2) is 18.3 Å². The quantitative estimate of drug-likeness (QED) is 0.774.